The van der Waals surface area contributed by atoms with Crippen LogP contribution in [0.2, 0.25) is 5.02 Å². The molecule has 0 N–H and O–H groups in total. The zero-order valence-corrected chi connectivity index (χ0v) is 14.9. The number of aromatic nitrogens is 2. The fourth-order valence-electron chi connectivity index (χ4n) is 3.48. The van der Waals surface area contributed by atoms with Gasteiger partial charge in [0.2, 0.25) is 16.0 Å². The Balaban J connectivity index is 1.71. The van der Waals surface area contributed by atoms with Gasteiger partial charge in [0.05, 0.1) is 23.7 Å². The van der Waals surface area contributed by atoms with E-state index in [1.54, 1.807) is 16.7 Å². The van der Waals surface area contributed by atoms with Crippen molar-refractivity contribution in [3.63, 3.8) is 0 Å². The molecule has 0 radical (unpaired) electrons. The van der Waals surface area contributed by atoms with Crippen LogP contribution in [0.4, 0.5) is 5.95 Å². The molecule has 1 aliphatic carbocycles. The Bertz CT molecular complexity index is 633. The highest BCUT2D eigenvalue weighted by Gasteiger charge is 2.37. The quantitative estimate of drug-likeness (QED) is 0.826. The number of halogens is 1. The first-order chi connectivity index (χ1) is 10.9. The van der Waals surface area contributed by atoms with Gasteiger partial charge < -0.3 is 4.90 Å². The average molecular weight is 359 g/mol. The van der Waals surface area contributed by atoms with Crippen molar-refractivity contribution in [3.8, 4) is 0 Å². The third-order valence-electron chi connectivity index (χ3n) is 4.76. The first-order valence-corrected chi connectivity index (χ1v) is 10.4. The molecule has 8 heteroatoms. The fourth-order valence-corrected chi connectivity index (χ4v) is 5.09. The summed E-state index contributed by atoms with van der Waals surface area (Å²) in [6, 6.07) is 0.293. The molecule has 3 rings (SSSR count). The molecule has 1 aromatic rings. The Kier molecular flexibility index (Phi) is 5.08. The highest BCUT2D eigenvalue weighted by Crippen LogP contribution is 2.32. The summed E-state index contributed by atoms with van der Waals surface area (Å²) in [5, 5.41) is 0.523. The number of nitrogens with zero attached hydrogens (tertiary/aromatic N) is 4. The summed E-state index contributed by atoms with van der Waals surface area (Å²) in [6.07, 6.45) is 10.3. The van der Waals surface area contributed by atoms with E-state index >= 15 is 0 Å². The molecule has 1 aliphatic heterocycles. The van der Waals surface area contributed by atoms with Crippen LogP contribution >= 0.6 is 11.6 Å². The molecule has 0 unspecified atom stereocenters. The van der Waals surface area contributed by atoms with E-state index in [1.165, 1.54) is 6.26 Å². The van der Waals surface area contributed by atoms with Gasteiger partial charge in [-0.1, -0.05) is 18.0 Å². The first kappa shape index (κ1) is 16.9. The van der Waals surface area contributed by atoms with Crippen LogP contribution in [0, 0.1) is 0 Å². The summed E-state index contributed by atoms with van der Waals surface area (Å²) in [4.78, 5) is 10.7. The highest BCUT2D eigenvalue weighted by molar-refractivity contribution is 7.88. The highest BCUT2D eigenvalue weighted by atomic mass is 35.5. The molecule has 0 amide bonds. The van der Waals surface area contributed by atoms with Crippen LogP contribution in [-0.2, 0) is 10.0 Å². The monoisotopic (exact) mass is 358 g/mol. The minimum absolute atomic E-state index is 0.0904. The van der Waals surface area contributed by atoms with Gasteiger partial charge in [-0.2, -0.15) is 4.31 Å². The zero-order chi connectivity index (χ0) is 16.4. The van der Waals surface area contributed by atoms with Gasteiger partial charge in [0, 0.05) is 25.2 Å². The molecule has 1 saturated heterocycles. The van der Waals surface area contributed by atoms with Crippen LogP contribution in [0.5, 0.6) is 0 Å². The lowest BCUT2D eigenvalue weighted by Gasteiger charge is -2.40. The minimum atomic E-state index is -3.16. The molecule has 6 nitrogen and oxygen atoms in total. The van der Waals surface area contributed by atoms with Crippen molar-refractivity contribution < 1.29 is 8.42 Å². The van der Waals surface area contributed by atoms with Crippen molar-refractivity contribution in [1.29, 1.82) is 0 Å². The van der Waals surface area contributed by atoms with Crippen LogP contribution in [0.15, 0.2) is 12.4 Å². The van der Waals surface area contributed by atoms with Crippen molar-refractivity contribution in [2.24, 2.45) is 0 Å². The second-order valence-corrected chi connectivity index (χ2v) is 8.77. The molecule has 2 fully saturated rings. The molecule has 2 aliphatic rings. The van der Waals surface area contributed by atoms with Crippen LogP contribution in [0.3, 0.4) is 0 Å². The van der Waals surface area contributed by atoms with E-state index in [4.69, 9.17) is 11.6 Å². The SMILES string of the molecule is CS(=O)(=O)N(C1CCC1)[C@H]1CCCN(c2ncc(Cl)cn2)CC1. The van der Waals surface area contributed by atoms with Crippen molar-refractivity contribution in [1.82, 2.24) is 14.3 Å². The lowest BCUT2D eigenvalue weighted by atomic mass is 9.91. The summed E-state index contributed by atoms with van der Waals surface area (Å²) in [5.74, 6) is 0.671. The van der Waals surface area contributed by atoms with E-state index in [0.717, 1.165) is 51.6 Å². The van der Waals surface area contributed by atoms with Gasteiger partial charge in [-0.05, 0) is 32.1 Å². The maximum atomic E-state index is 12.2. The molecule has 1 saturated carbocycles. The van der Waals surface area contributed by atoms with E-state index in [-0.39, 0.29) is 12.1 Å². The molecule has 1 atom stereocenters. The summed E-state index contributed by atoms with van der Waals surface area (Å²) in [7, 11) is -3.16. The molecule has 1 aromatic heterocycles. The van der Waals surface area contributed by atoms with Crippen LogP contribution in [-0.4, -0.2) is 54.1 Å². The topological polar surface area (TPSA) is 66.4 Å². The Morgan fingerprint density at radius 2 is 1.70 bits per heavy atom. The van der Waals surface area contributed by atoms with E-state index in [2.05, 4.69) is 14.9 Å². The van der Waals surface area contributed by atoms with E-state index in [0.29, 0.717) is 11.0 Å². The summed E-state index contributed by atoms with van der Waals surface area (Å²) in [6.45, 7) is 1.62. The molecule has 0 aromatic carbocycles. The Morgan fingerprint density at radius 3 is 2.26 bits per heavy atom. The van der Waals surface area contributed by atoms with Gasteiger partial charge in [0.1, 0.15) is 0 Å². The fraction of sp³-hybridized carbons (Fsp3) is 0.733. The number of anilines is 1. The second kappa shape index (κ2) is 6.91. The number of hydrogen-bond acceptors (Lipinski definition) is 5. The van der Waals surface area contributed by atoms with Crippen LogP contribution in [0.25, 0.3) is 0 Å². The normalized spacial score (nSPS) is 23.6. The number of hydrogen-bond donors (Lipinski definition) is 0. The molecule has 2 heterocycles. The lowest BCUT2D eigenvalue weighted by Crippen LogP contribution is -2.49. The predicted molar refractivity (Wildman–Crippen MR) is 91.2 cm³/mol. The summed E-state index contributed by atoms with van der Waals surface area (Å²) >= 11 is 5.84. The minimum Gasteiger partial charge on any atom is -0.341 e. The van der Waals surface area contributed by atoms with Gasteiger partial charge in [-0.3, -0.25) is 0 Å². The summed E-state index contributed by atoms with van der Waals surface area (Å²) < 4.78 is 26.3. The van der Waals surface area contributed by atoms with Crippen molar-refractivity contribution >= 4 is 27.6 Å². The number of sulfonamides is 1. The van der Waals surface area contributed by atoms with Crippen LogP contribution < -0.4 is 4.90 Å². The maximum absolute atomic E-state index is 12.2. The van der Waals surface area contributed by atoms with Crippen molar-refractivity contribution in [2.45, 2.75) is 50.6 Å². The van der Waals surface area contributed by atoms with Crippen molar-refractivity contribution in [2.75, 3.05) is 24.2 Å². The molecular formula is C15H23ClN4O2S. The lowest BCUT2D eigenvalue weighted by molar-refractivity contribution is 0.164. The molecule has 128 valence electrons. The van der Waals surface area contributed by atoms with Crippen LogP contribution in [0.1, 0.15) is 38.5 Å². The third-order valence-corrected chi connectivity index (χ3v) is 6.32. The second-order valence-electron chi connectivity index (χ2n) is 6.45. The predicted octanol–water partition coefficient (Wildman–Crippen LogP) is 2.30. The molecule has 0 spiro atoms. The zero-order valence-electron chi connectivity index (χ0n) is 13.4. The van der Waals surface area contributed by atoms with Gasteiger partial charge in [-0.25, -0.2) is 18.4 Å². The molecule has 23 heavy (non-hydrogen) atoms. The largest absolute Gasteiger partial charge is 0.341 e. The van der Waals surface area contributed by atoms with Gasteiger partial charge in [0.15, 0.2) is 0 Å². The molecular weight excluding hydrogens is 336 g/mol. The smallest absolute Gasteiger partial charge is 0.225 e. The number of rotatable bonds is 4. The van der Waals surface area contributed by atoms with E-state index < -0.39 is 10.0 Å². The maximum Gasteiger partial charge on any atom is 0.225 e. The Labute approximate surface area is 142 Å². The molecule has 0 bridgehead atoms. The van der Waals surface area contributed by atoms with Crippen molar-refractivity contribution in [3.05, 3.63) is 17.4 Å². The summed E-state index contributed by atoms with van der Waals surface area (Å²) in [5.41, 5.74) is 0. The van der Waals surface area contributed by atoms with E-state index in [1.807, 2.05) is 0 Å². The Morgan fingerprint density at radius 1 is 1.09 bits per heavy atom. The van der Waals surface area contributed by atoms with Gasteiger partial charge in [0.25, 0.3) is 0 Å². The first-order valence-electron chi connectivity index (χ1n) is 8.16. The van der Waals surface area contributed by atoms with E-state index in [9.17, 15) is 8.42 Å². The standard InChI is InChI=1S/C15H23ClN4O2S/c1-23(21,22)20(13-4-2-5-13)14-6-3-8-19(9-7-14)15-17-10-12(16)11-18-15/h10-11,13-14H,2-9H2,1H3/t14-/m0/s1. The third kappa shape index (κ3) is 3.95. The Hall–Kier alpha value is -0.920. The van der Waals surface area contributed by atoms with Gasteiger partial charge >= 0.3 is 0 Å². The average Bonchev–Trinajstić information content (AvgIpc) is 2.68. The van der Waals surface area contributed by atoms with Gasteiger partial charge in [-0.15, -0.1) is 0 Å².